The van der Waals surface area contributed by atoms with Crippen LogP contribution in [0.5, 0.6) is 0 Å². The Kier molecular flexibility index (Phi) is 19.9. The van der Waals surface area contributed by atoms with Crippen LogP contribution in [0.2, 0.25) is 0 Å². The Morgan fingerprint density at radius 3 is 1.55 bits per heavy atom. The molecule has 29 heavy (non-hydrogen) atoms. The Hall–Kier alpha value is -0.830. The second-order valence-corrected chi connectivity index (χ2v) is 8.68. The van der Waals surface area contributed by atoms with Crippen LogP contribution in [0.4, 0.5) is 0 Å². The summed E-state index contributed by atoms with van der Waals surface area (Å²) in [5.74, 6) is -0.243. The molecule has 1 atom stereocenters. The number of ether oxygens (including phenoxy) is 1. The van der Waals surface area contributed by atoms with Crippen molar-refractivity contribution in [3.05, 3.63) is 12.2 Å². The summed E-state index contributed by atoms with van der Waals surface area (Å²) in [5, 5.41) is 0. The zero-order valence-corrected chi connectivity index (χ0v) is 20.3. The number of carbonyl (C=O) groups excluding carboxylic acids is 1. The first-order valence-electron chi connectivity index (χ1n) is 12.6. The summed E-state index contributed by atoms with van der Waals surface area (Å²) >= 11 is 0. The van der Waals surface area contributed by atoms with E-state index in [1.807, 2.05) is 0 Å². The maximum atomic E-state index is 11.9. The molecule has 0 rings (SSSR count). The first kappa shape index (κ1) is 28.2. The minimum atomic E-state index is -0.243. The molecular formula is C26H51NO2. The molecule has 3 heteroatoms. The molecule has 0 fully saturated rings. The largest absolute Gasteiger partial charge is 0.458 e. The second kappa shape index (κ2) is 20.4. The minimum absolute atomic E-state index is 0.00331. The van der Waals surface area contributed by atoms with E-state index in [4.69, 9.17) is 4.74 Å². The molecule has 0 aliphatic rings. The summed E-state index contributed by atoms with van der Waals surface area (Å²) in [6.07, 6.45) is 20.1. The number of unbranched alkanes of at least 4 members (excludes halogenated alkanes) is 13. The van der Waals surface area contributed by atoms with Gasteiger partial charge in [-0.05, 0) is 32.9 Å². The second-order valence-electron chi connectivity index (χ2n) is 8.68. The summed E-state index contributed by atoms with van der Waals surface area (Å²) in [6.45, 7) is 14.9. The molecule has 0 amide bonds. The number of likely N-dealkylation sites (N-methyl/N-ethyl adjacent to an activating group) is 1. The predicted octanol–water partition coefficient (Wildman–Crippen LogP) is 7.69. The van der Waals surface area contributed by atoms with E-state index in [2.05, 4.69) is 32.3 Å². The van der Waals surface area contributed by atoms with Gasteiger partial charge in [0.1, 0.15) is 6.10 Å². The maximum Gasteiger partial charge on any atom is 0.333 e. The van der Waals surface area contributed by atoms with E-state index in [-0.39, 0.29) is 12.1 Å². The van der Waals surface area contributed by atoms with Crippen molar-refractivity contribution in [3.63, 3.8) is 0 Å². The molecule has 0 saturated carbocycles. The number of rotatable bonds is 21. The van der Waals surface area contributed by atoms with Crippen LogP contribution in [0.3, 0.4) is 0 Å². The average Bonchev–Trinajstić information content (AvgIpc) is 2.71. The molecule has 0 aliphatic carbocycles. The Morgan fingerprint density at radius 1 is 0.759 bits per heavy atom. The zero-order valence-electron chi connectivity index (χ0n) is 20.3. The molecule has 0 aromatic heterocycles. The van der Waals surface area contributed by atoms with Crippen molar-refractivity contribution in [1.82, 2.24) is 4.90 Å². The predicted molar refractivity (Wildman–Crippen MR) is 127 cm³/mol. The van der Waals surface area contributed by atoms with Gasteiger partial charge in [0.15, 0.2) is 0 Å². The Labute approximate surface area is 182 Å². The van der Waals surface area contributed by atoms with Gasteiger partial charge in [-0.3, -0.25) is 0 Å². The quantitative estimate of drug-likeness (QED) is 0.110. The third kappa shape index (κ3) is 17.7. The van der Waals surface area contributed by atoms with Crippen molar-refractivity contribution in [2.75, 3.05) is 19.6 Å². The fourth-order valence-corrected chi connectivity index (χ4v) is 3.78. The molecule has 0 aromatic rings. The van der Waals surface area contributed by atoms with Crippen LogP contribution >= 0.6 is 0 Å². The molecule has 0 radical (unpaired) electrons. The Balaban J connectivity index is 3.73. The summed E-state index contributed by atoms with van der Waals surface area (Å²) < 4.78 is 5.68. The average molecular weight is 410 g/mol. The molecule has 0 heterocycles. The van der Waals surface area contributed by atoms with E-state index in [0.29, 0.717) is 5.57 Å². The topological polar surface area (TPSA) is 29.5 Å². The smallest absolute Gasteiger partial charge is 0.333 e. The molecule has 172 valence electrons. The van der Waals surface area contributed by atoms with Crippen LogP contribution in [0.25, 0.3) is 0 Å². The fraction of sp³-hybridized carbons (Fsp3) is 0.885. The molecule has 0 spiro atoms. The zero-order chi connectivity index (χ0) is 21.7. The summed E-state index contributed by atoms with van der Waals surface area (Å²) in [4.78, 5) is 14.3. The summed E-state index contributed by atoms with van der Waals surface area (Å²) in [5.41, 5.74) is 0.496. The molecular weight excluding hydrogens is 358 g/mol. The van der Waals surface area contributed by atoms with Gasteiger partial charge in [-0.1, -0.05) is 111 Å². The van der Waals surface area contributed by atoms with E-state index in [1.54, 1.807) is 6.92 Å². The molecule has 0 saturated heterocycles. The molecule has 0 aromatic carbocycles. The lowest BCUT2D eigenvalue weighted by molar-refractivity contribution is -0.145. The highest BCUT2D eigenvalue weighted by Crippen LogP contribution is 2.15. The van der Waals surface area contributed by atoms with Crippen LogP contribution < -0.4 is 0 Å². The number of hydrogen-bond acceptors (Lipinski definition) is 3. The van der Waals surface area contributed by atoms with Crippen LogP contribution in [-0.4, -0.2) is 36.6 Å². The third-order valence-corrected chi connectivity index (χ3v) is 5.86. The summed E-state index contributed by atoms with van der Waals surface area (Å²) in [6, 6.07) is 0. The molecule has 0 N–H and O–H groups in total. The lowest BCUT2D eigenvalue weighted by atomic mass is 10.0. The van der Waals surface area contributed by atoms with Crippen molar-refractivity contribution in [3.8, 4) is 0 Å². The van der Waals surface area contributed by atoms with E-state index in [0.717, 1.165) is 32.5 Å². The van der Waals surface area contributed by atoms with Crippen LogP contribution in [0, 0.1) is 0 Å². The number of esters is 1. The van der Waals surface area contributed by atoms with E-state index in [1.165, 1.54) is 83.5 Å². The Morgan fingerprint density at radius 2 is 1.17 bits per heavy atom. The third-order valence-electron chi connectivity index (χ3n) is 5.86. The summed E-state index contributed by atoms with van der Waals surface area (Å²) in [7, 11) is 0. The van der Waals surface area contributed by atoms with Crippen molar-refractivity contribution in [2.45, 2.75) is 130 Å². The lowest BCUT2D eigenvalue weighted by Gasteiger charge is -2.25. The SMILES string of the molecule is C=C(C)C(=O)OC(CCCCCCCCCCCCCCCC)CN(CC)CC. The standard InChI is InChI=1S/C26H51NO2/c1-6-9-10-11-12-13-14-15-16-17-18-19-20-21-22-25(23-27(7-2)8-3)29-26(28)24(4)5/h25H,4,6-23H2,1-3,5H3. The fourth-order valence-electron chi connectivity index (χ4n) is 3.78. The van der Waals surface area contributed by atoms with E-state index >= 15 is 0 Å². The minimum Gasteiger partial charge on any atom is -0.458 e. The molecule has 0 bridgehead atoms. The first-order chi connectivity index (χ1) is 14.0. The van der Waals surface area contributed by atoms with Crippen molar-refractivity contribution in [2.24, 2.45) is 0 Å². The van der Waals surface area contributed by atoms with Gasteiger partial charge in [0.2, 0.25) is 0 Å². The van der Waals surface area contributed by atoms with Gasteiger partial charge in [0.05, 0.1) is 0 Å². The van der Waals surface area contributed by atoms with E-state index in [9.17, 15) is 4.79 Å². The molecule has 1 unspecified atom stereocenters. The van der Waals surface area contributed by atoms with Crippen molar-refractivity contribution >= 4 is 5.97 Å². The van der Waals surface area contributed by atoms with Gasteiger partial charge in [0.25, 0.3) is 0 Å². The van der Waals surface area contributed by atoms with Gasteiger partial charge >= 0.3 is 5.97 Å². The van der Waals surface area contributed by atoms with Gasteiger partial charge < -0.3 is 9.64 Å². The maximum absolute atomic E-state index is 11.9. The highest BCUT2D eigenvalue weighted by molar-refractivity contribution is 5.87. The number of nitrogens with zero attached hydrogens (tertiary/aromatic N) is 1. The van der Waals surface area contributed by atoms with E-state index < -0.39 is 0 Å². The first-order valence-corrected chi connectivity index (χ1v) is 12.6. The van der Waals surface area contributed by atoms with Gasteiger partial charge in [-0.15, -0.1) is 0 Å². The highest BCUT2D eigenvalue weighted by Gasteiger charge is 2.17. The van der Waals surface area contributed by atoms with Crippen molar-refractivity contribution < 1.29 is 9.53 Å². The molecule has 0 aliphatic heterocycles. The monoisotopic (exact) mass is 409 g/mol. The van der Waals surface area contributed by atoms with Crippen LogP contribution in [-0.2, 0) is 9.53 Å². The lowest BCUT2D eigenvalue weighted by Crippen LogP contribution is -2.35. The van der Waals surface area contributed by atoms with Crippen LogP contribution in [0.1, 0.15) is 124 Å². The van der Waals surface area contributed by atoms with Gasteiger partial charge in [0, 0.05) is 12.1 Å². The number of hydrogen-bond donors (Lipinski definition) is 0. The Bertz CT molecular complexity index is 390. The van der Waals surface area contributed by atoms with Crippen LogP contribution in [0.15, 0.2) is 12.2 Å². The van der Waals surface area contributed by atoms with Gasteiger partial charge in [-0.2, -0.15) is 0 Å². The number of carbonyl (C=O) groups is 1. The van der Waals surface area contributed by atoms with Crippen molar-refractivity contribution in [1.29, 1.82) is 0 Å². The molecule has 3 nitrogen and oxygen atoms in total. The van der Waals surface area contributed by atoms with Gasteiger partial charge in [-0.25, -0.2) is 4.79 Å². The normalized spacial score (nSPS) is 12.3. The highest BCUT2D eigenvalue weighted by atomic mass is 16.5.